The lowest BCUT2D eigenvalue weighted by molar-refractivity contribution is 0.939. The van der Waals surface area contributed by atoms with Gasteiger partial charge in [-0.1, -0.05) is 12.2 Å². The maximum absolute atomic E-state index is 7.43. The molecule has 0 saturated carbocycles. The van der Waals surface area contributed by atoms with Gasteiger partial charge in [0.2, 0.25) is 0 Å². The summed E-state index contributed by atoms with van der Waals surface area (Å²) in [6.45, 7) is 1.95. The largest absolute Gasteiger partial charge is 0.306 e. The molecule has 0 bridgehead atoms. The van der Waals surface area contributed by atoms with E-state index in [0.717, 1.165) is 0 Å². The Kier molecular flexibility index (Phi) is 3.02. The van der Waals surface area contributed by atoms with E-state index < -0.39 is 0 Å². The molecular weight excluding hydrogens is 150 g/mol. The van der Waals surface area contributed by atoms with Gasteiger partial charge >= 0.3 is 0 Å². The molecule has 12 heavy (non-hydrogen) atoms. The lowest BCUT2D eigenvalue weighted by Gasteiger charge is -1.95. The first kappa shape index (κ1) is 8.46. The fraction of sp³-hybridized carbons (Fsp3) is 0.111. The van der Waals surface area contributed by atoms with Gasteiger partial charge in [-0.3, -0.25) is 10.4 Å². The molecular formula is C9H11N3. The van der Waals surface area contributed by atoms with Gasteiger partial charge in [0.05, 0.1) is 6.20 Å². The molecule has 3 nitrogen and oxygen atoms in total. The first-order valence-electron chi connectivity index (χ1n) is 3.71. The van der Waals surface area contributed by atoms with Gasteiger partial charge in [0, 0.05) is 18.6 Å². The maximum Gasteiger partial charge on any atom is 0.147 e. The minimum atomic E-state index is 0.373. The van der Waals surface area contributed by atoms with Crippen molar-refractivity contribution in [2.75, 3.05) is 0 Å². The third kappa shape index (κ3) is 2.20. The molecule has 0 saturated heterocycles. The first-order chi connectivity index (χ1) is 5.84. The zero-order valence-electron chi connectivity index (χ0n) is 6.94. The van der Waals surface area contributed by atoms with Crippen LogP contribution in [-0.2, 0) is 0 Å². The smallest absolute Gasteiger partial charge is 0.147 e. The molecule has 0 aromatic carbocycles. The van der Waals surface area contributed by atoms with Crippen molar-refractivity contribution >= 4 is 6.20 Å². The number of hydrogen-bond acceptors (Lipinski definition) is 2. The summed E-state index contributed by atoms with van der Waals surface area (Å²) >= 11 is 0. The summed E-state index contributed by atoms with van der Waals surface area (Å²) in [5.74, 6) is 0. The second-order valence-electron chi connectivity index (χ2n) is 2.24. The van der Waals surface area contributed by atoms with Crippen LogP contribution in [0.4, 0.5) is 0 Å². The van der Waals surface area contributed by atoms with Crippen LogP contribution >= 0.6 is 0 Å². The van der Waals surface area contributed by atoms with Gasteiger partial charge < -0.3 is 4.57 Å². The summed E-state index contributed by atoms with van der Waals surface area (Å²) in [6.07, 6.45) is 12.4. The van der Waals surface area contributed by atoms with Crippen LogP contribution in [0.1, 0.15) is 6.92 Å². The molecule has 1 rings (SSSR count). The summed E-state index contributed by atoms with van der Waals surface area (Å²) in [5, 5.41) is 7.43. The van der Waals surface area contributed by atoms with E-state index in [1.54, 1.807) is 17.0 Å². The lowest BCUT2D eigenvalue weighted by Crippen LogP contribution is -2.13. The summed E-state index contributed by atoms with van der Waals surface area (Å²) in [7, 11) is 0. The SMILES string of the molecule is C/C=C/C=C/n1ccncc1=N. The molecule has 0 atom stereocenters. The van der Waals surface area contributed by atoms with Crippen molar-refractivity contribution in [1.82, 2.24) is 9.55 Å². The Balaban J connectivity index is 2.90. The number of aromatic nitrogens is 2. The van der Waals surface area contributed by atoms with E-state index in [2.05, 4.69) is 4.98 Å². The van der Waals surface area contributed by atoms with Crippen molar-refractivity contribution in [3.05, 3.63) is 42.3 Å². The van der Waals surface area contributed by atoms with Crippen molar-refractivity contribution in [3.8, 4) is 0 Å². The average molecular weight is 161 g/mol. The van der Waals surface area contributed by atoms with Gasteiger partial charge in [-0.15, -0.1) is 0 Å². The van der Waals surface area contributed by atoms with Crippen molar-refractivity contribution in [2.45, 2.75) is 6.92 Å². The number of hydrogen-bond donors (Lipinski definition) is 1. The highest BCUT2D eigenvalue weighted by atomic mass is 15.0. The van der Waals surface area contributed by atoms with Crippen LogP contribution in [-0.4, -0.2) is 9.55 Å². The minimum Gasteiger partial charge on any atom is -0.306 e. The summed E-state index contributed by atoms with van der Waals surface area (Å²) in [4.78, 5) is 3.81. The van der Waals surface area contributed by atoms with Crippen molar-refractivity contribution < 1.29 is 0 Å². The molecule has 1 heterocycles. The number of allylic oxidation sites excluding steroid dienone is 3. The average Bonchev–Trinajstić information content (AvgIpc) is 2.09. The summed E-state index contributed by atoms with van der Waals surface area (Å²) in [6, 6.07) is 0. The standard InChI is InChI=1S/C9H11N3/c1-2-3-4-6-12-7-5-11-8-9(12)10/h2-8,10H,1H3/b3-2+,6-4+,10-9?. The highest BCUT2D eigenvalue weighted by Gasteiger charge is 1.81. The molecule has 0 spiro atoms. The number of nitrogens with one attached hydrogen (secondary N) is 1. The van der Waals surface area contributed by atoms with Crippen LogP contribution in [0.25, 0.3) is 6.20 Å². The van der Waals surface area contributed by atoms with Gasteiger partial charge in [0.1, 0.15) is 5.49 Å². The normalized spacial score (nSPS) is 11.4. The second-order valence-corrected chi connectivity index (χ2v) is 2.24. The van der Waals surface area contributed by atoms with E-state index in [9.17, 15) is 0 Å². The molecule has 3 heteroatoms. The van der Waals surface area contributed by atoms with Gasteiger partial charge in [-0.2, -0.15) is 0 Å². The van der Waals surface area contributed by atoms with Crippen LogP contribution in [0.5, 0.6) is 0 Å². The van der Waals surface area contributed by atoms with E-state index in [1.807, 2.05) is 31.4 Å². The molecule has 0 radical (unpaired) electrons. The zero-order valence-corrected chi connectivity index (χ0v) is 6.94. The molecule has 0 aliphatic heterocycles. The molecule has 0 amide bonds. The minimum absolute atomic E-state index is 0.373. The van der Waals surface area contributed by atoms with Gasteiger partial charge in [0.15, 0.2) is 0 Å². The van der Waals surface area contributed by atoms with Crippen molar-refractivity contribution in [1.29, 1.82) is 5.41 Å². The van der Waals surface area contributed by atoms with E-state index in [0.29, 0.717) is 5.49 Å². The van der Waals surface area contributed by atoms with E-state index in [1.165, 1.54) is 6.20 Å². The Labute approximate surface area is 71.2 Å². The van der Waals surface area contributed by atoms with E-state index in [4.69, 9.17) is 5.41 Å². The van der Waals surface area contributed by atoms with Crippen LogP contribution < -0.4 is 5.49 Å². The molecule has 1 N–H and O–H groups in total. The molecule has 0 aliphatic carbocycles. The van der Waals surface area contributed by atoms with E-state index in [-0.39, 0.29) is 0 Å². The van der Waals surface area contributed by atoms with Crippen LogP contribution in [0.15, 0.2) is 36.8 Å². The maximum atomic E-state index is 7.43. The predicted octanol–water partition coefficient (Wildman–Crippen LogP) is 1.41. The van der Waals surface area contributed by atoms with Gasteiger partial charge in [-0.25, -0.2) is 0 Å². The molecule has 1 aromatic heterocycles. The Morgan fingerprint density at radius 3 is 3.00 bits per heavy atom. The highest BCUT2D eigenvalue weighted by molar-refractivity contribution is 5.26. The van der Waals surface area contributed by atoms with Crippen LogP contribution in [0.2, 0.25) is 0 Å². The second kappa shape index (κ2) is 4.28. The van der Waals surface area contributed by atoms with Gasteiger partial charge in [0.25, 0.3) is 0 Å². The molecule has 1 aromatic rings. The van der Waals surface area contributed by atoms with Crippen LogP contribution in [0, 0.1) is 5.41 Å². The summed E-state index contributed by atoms with van der Waals surface area (Å²) in [5.41, 5.74) is 0.373. The molecule has 0 unspecified atom stereocenters. The molecule has 62 valence electrons. The Bertz CT molecular complexity index is 347. The monoisotopic (exact) mass is 161 g/mol. The number of rotatable bonds is 2. The summed E-state index contributed by atoms with van der Waals surface area (Å²) < 4.78 is 1.69. The van der Waals surface area contributed by atoms with Crippen molar-refractivity contribution in [3.63, 3.8) is 0 Å². The molecule has 0 aliphatic rings. The third-order valence-corrected chi connectivity index (χ3v) is 1.34. The Morgan fingerprint density at radius 2 is 2.33 bits per heavy atom. The Hall–Kier alpha value is -1.64. The fourth-order valence-corrected chi connectivity index (χ4v) is 0.754. The van der Waals surface area contributed by atoms with E-state index >= 15 is 0 Å². The fourth-order valence-electron chi connectivity index (χ4n) is 0.754. The number of nitrogens with zero attached hydrogens (tertiary/aromatic N) is 2. The van der Waals surface area contributed by atoms with Crippen molar-refractivity contribution in [2.24, 2.45) is 0 Å². The Morgan fingerprint density at radius 1 is 1.50 bits per heavy atom. The third-order valence-electron chi connectivity index (χ3n) is 1.34. The lowest BCUT2D eigenvalue weighted by atomic mass is 10.5. The topological polar surface area (TPSA) is 41.7 Å². The predicted molar refractivity (Wildman–Crippen MR) is 48.2 cm³/mol. The van der Waals surface area contributed by atoms with Gasteiger partial charge in [-0.05, 0) is 13.0 Å². The highest BCUT2D eigenvalue weighted by Crippen LogP contribution is 1.82. The first-order valence-corrected chi connectivity index (χ1v) is 3.71. The molecule has 0 fully saturated rings. The quantitative estimate of drug-likeness (QED) is 0.654. The zero-order chi connectivity index (χ0) is 8.81. The van der Waals surface area contributed by atoms with Crippen LogP contribution in [0.3, 0.4) is 0 Å².